The summed E-state index contributed by atoms with van der Waals surface area (Å²) < 4.78 is 13.0. The number of nitrogens with zero attached hydrogens (tertiary/aromatic N) is 1. The molecule has 2 N–H and O–H groups in total. The van der Waals surface area contributed by atoms with Gasteiger partial charge in [-0.2, -0.15) is 0 Å². The summed E-state index contributed by atoms with van der Waals surface area (Å²) in [6, 6.07) is 11.2. The van der Waals surface area contributed by atoms with Crippen LogP contribution in [0, 0.1) is 11.9 Å². The van der Waals surface area contributed by atoms with Crippen LogP contribution in [0.3, 0.4) is 0 Å². The first-order chi connectivity index (χ1) is 10.9. The van der Waals surface area contributed by atoms with E-state index in [1.54, 1.807) is 12.3 Å². The summed E-state index contributed by atoms with van der Waals surface area (Å²) in [5.74, 6) is -0.331. The van der Waals surface area contributed by atoms with E-state index in [9.17, 15) is 9.18 Å². The van der Waals surface area contributed by atoms with Gasteiger partial charge in [0.1, 0.15) is 0 Å². The van der Waals surface area contributed by atoms with Gasteiger partial charge in [0.2, 0.25) is 0 Å². The fraction of sp³-hybridized carbons (Fsp3) is 0.222. The summed E-state index contributed by atoms with van der Waals surface area (Å²) >= 11 is 0. The van der Waals surface area contributed by atoms with Gasteiger partial charge in [0.25, 0.3) is 0 Å². The van der Waals surface area contributed by atoms with Crippen LogP contribution in [0.25, 0.3) is 11.3 Å². The van der Waals surface area contributed by atoms with E-state index in [-0.39, 0.29) is 38.4 Å². The van der Waals surface area contributed by atoms with Gasteiger partial charge in [0.05, 0.1) is 5.76 Å². The summed E-state index contributed by atoms with van der Waals surface area (Å²) in [5, 5.41) is 11.4. The van der Waals surface area contributed by atoms with Gasteiger partial charge in [0, 0.05) is 45.7 Å². The SMILES string of the molecule is CC(=O)/C=C(/C)O.CNCc1ccnc(-c2[c-]ccc(F)c2)c1.[Pt]. The summed E-state index contributed by atoms with van der Waals surface area (Å²) in [4.78, 5) is 14.2. The van der Waals surface area contributed by atoms with Crippen molar-refractivity contribution >= 4 is 5.78 Å². The molecule has 0 fully saturated rings. The number of benzene rings is 1. The second-order valence-corrected chi connectivity index (χ2v) is 4.90. The van der Waals surface area contributed by atoms with E-state index in [0.29, 0.717) is 5.56 Å². The molecule has 24 heavy (non-hydrogen) atoms. The summed E-state index contributed by atoms with van der Waals surface area (Å²) in [6.07, 6.45) is 2.89. The van der Waals surface area contributed by atoms with Crippen LogP contribution < -0.4 is 5.32 Å². The quantitative estimate of drug-likeness (QED) is 0.376. The number of rotatable bonds is 4. The van der Waals surface area contributed by atoms with Crippen molar-refractivity contribution < 1.29 is 35.4 Å². The maximum atomic E-state index is 13.0. The Bertz CT molecular complexity index is 686. The fourth-order valence-corrected chi connectivity index (χ4v) is 1.82. The minimum absolute atomic E-state index is 0. The van der Waals surface area contributed by atoms with Gasteiger partial charge < -0.3 is 15.4 Å². The first-order valence-electron chi connectivity index (χ1n) is 7.07. The minimum Gasteiger partial charge on any atom is -0.512 e. The first kappa shape index (κ1) is 22.2. The molecule has 1 aromatic carbocycles. The van der Waals surface area contributed by atoms with Crippen molar-refractivity contribution in [3.8, 4) is 11.3 Å². The van der Waals surface area contributed by atoms with Crippen molar-refractivity contribution in [2.24, 2.45) is 0 Å². The largest absolute Gasteiger partial charge is 0.512 e. The molecule has 0 aliphatic carbocycles. The Morgan fingerprint density at radius 3 is 2.58 bits per heavy atom. The number of hydrogen-bond donors (Lipinski definition) is 2. The van der Waals surface area contributed by atoms with Crippen LogP contribution in [0.2, 0.25) is 0 Å². The monoisotopic (exact) mass is 510 g/mol. The summed E-state index contributed by atoms with van der Waals surface area (Å²) in [5.41, 5.74) is 2.54. The molecular formula is C18H20FN2O2Pt-. The average molecular weight is 510 g/mol. The van der Waals surface area contributed by atoms with Gasteiger partial charge in [-0.15, -0.1) is 29.8 Å². The second-order valence-electron chi connectivity index (χ2n) is 4.90. The van der Waals surface area contributed by atoms with Gasteiger partial charge in [-0.3, -0.25) is 4.79 Å². The number of carbonyl (C=O) groups is 1. The van der Waals surface area contributed by atoms with Crippen molar-refractivity contribution in [1.29, 1.82) is 0 Å². The van der Waals surface area contributed by atoms with Crippen LogP contribution in [-0.4, -0.2) is 22.9 Å². The standard InChI is InChI=1S/C13H12FN2.C5H8O2.Pt/c1-15-9-10-5-6-16-13(7-10)11-3-2-4-12(14)8-11;1-4(6)3-5(2)7;/h2,4-8,15H,9H2,1H3;3,6H,1-2H3;/q-1;;/b;4-3-;. The van der Waals surface area contributed by atoms with E-state index in [1.807, 2.05) is 19.2 Å². The van der Waals surface area contributed by atoms with Crippen LogP contribution in [-0.2, 0) is 32.4 Å². The molecule has 0 amide bonds. The van der Waals surface area contributed by atoms with Crippen LogP contribution in [0.5, 0.6) is 0 Å². The maximum absolute atomic E-state index is 13.0. The molecule has 132 valence electrons. The van der Waals surface area contributed by atoms with E-state index in [2.05, 4.69) is 16.4 Å². The Labute approximate surface area is 156 Å². The zero-order chi connectivity index (χ0) is 17.2. The van der Waals surface area contributed by atoms with E-state index in [0.717, 1.165) is 17.8 Å². The molecule has 2 aromatic rings. The molecule has 0 saturated carbocycles. The number of aromatic nitrogens is 1. The van der Waals surface area contributed by atoms with E-state index in [1.165, 1.54) is 32.1 Å². The Morgan fingerprint density at radius 1 is 1.38 bits per heavy atom. The number of pyridine rings is 1. The third-order valence-corrected chi connectivity index (χ3v) is 2.66. The number of hydrogen-bond acceptors (Lipinski definition) is 4. The molecular weight excluding hydrogens is 490 g/mol. The Hall–Kier alpha value is -1.84. The van der Waals surface area contributed by atoms with Crippen LogP contribution in [0.15, 0.2) is 48.4 Å². The number of allylic oxidation sites excluding steroid dienone is 2. The van der Waals surface area contributed by atoms with Crippen molar-refractivity contribution in [2.75, 3.05) is 7.05 Å². The van der Waals surface area contributed by atoms with E-state index >= 15 is 0 Å². The molecule has 0 bridgehead atoms. The smallest absolute Gasteiger partial charge is 0.155 e. The molecule has 1 aromatic heterocycles. The third-order valence-electron chi connectivity index (χ3n) is 2.66. The molecule has 0 saturated heterocycles. The van der Waals surface area contributed by atoms with Gasteiger partial charge in [-0.05, 0) is 38.2 Å². The molecule has 0 atom stereocenters. The molecule has 2 rings (SSSR count). The van der Waals surface area contributed by atoms with Gasteiger partial charge in [0.15, 0.2) is 5.78 Å². The predicted molar refractivity (Wildman–Crippen MR) is 88.3 cm³/mol. The number of carbonyl (C=O) groups excluding carboxylic acids is 1. The van der Waals surface area contributed by atoms with Crippen LogP contribution >= 0.6 is 0 Å². The first-order valence-corrected chi connectivity index (χ1v) is 7.07. The van der Waals surface area contributed by atoms with Crippen LogP contribution in [0.4, 0.5) is 4.39 Å². The summed E-state index contributed by atoms with van der Waals surface area (Å²) in [7, 11) is 1.88. The zero-order valence-electron chi connectivity index (χ0n) is 13.7. The Morgan fingerprint density at radius 2 is 2.08 bits per heavy atom. The third kappa shape index (κ3) is 8.70. The molecule has 0 aliphatic rings. The van der Waals surface area contributed by atoms with Crippen molar-refractivity contribution in [2.45, 2.75) is 20.4 Å². The van der Waals surface area contributed by atoms with E-state index in [4.69, 9.17) is 5.11 Å². The number of ketones is 1. The Balaban J connectivity index is 0.000000570. The maximum Gasteiger partial charge on any atom is 0.155 e. The number of aliphatic hydroxyl groups is 1. The van der Waals surface area contributed by atoms with E-state index < -0.39 is 0 Å². The molecule has 0 unspecified atom stereocenters. The number of halogens is 1. The number of aliphatic hydroxyl groups excluding tert-OH is 1. The second kappa shape index (κ2) is 11.7. The topological polar surface area (TPSA) is 62.2 Å². The molecule has 1 heterocycles. The molecule has 4 nitrogen and oxygen atoms in total. The summed E-state index contributed by atoms with van der Waals surface area (Å²) in [6.45, 7) is 3.62. The average Bonchev–Trinajstić information content (AvgIpc) is 2.47. The van der Waals surface area contributed by atoms with Gasteiger partial charge in [-0.1, -0.05) is 6.07 Å². The van der Waals surface area contributed by atoms with Crippen molar-refractivity contribution in [3.63, 3.8) is 0 Å². The van der Waals surface area contributed by atoms with Crippen molar-refractivity contribution in [1.82, 2.24) is 10.3 Å². The molecule has 6 heteroatoms. The number of nitrogens with one attached hydrogen (secondary N) is 1. The molecule has 0 radical (unpaired) electrons. The molecule has 0 spiro atoms. The molecule has 0 aliphatic heterocycles. The van der Waals surface area contributed by atoms with Crippen molar-refractivity contribution in [3.05, 3.63) is 65.8 Å². The van der Waals surface area contributed by atoms with Gasteiger partial charge in [-0.25, -0.2) is 4.39 Å². The van der Waals surface area contributed by atoms with Gasteiger partial charge >= 0.3 is 0 Å². The van der Waals surface area contributed by atoms with Crippen LogP contribution in [0.1, 0.15) is 19.4 Å². The Kier molecular flexibility index (Phi) is 10.8. The normalized spacial score (nSPS) is 10.2. The predicted octanol–water partition coefficient (Wildman–Crippen LogP) is 3.44. The minimum atomic E-state index is -0.269. The zero-order valence-corrected chi connectivity index (χ0v) is 16.0. The fourth-order valence-electron chi connectivity index (χ4n) is 1.82.